The van der Waals surface area contributed by atoms with Gasteiger partial charge in [-0.05, 0) is 24.4 Å². The second-order valence-electron chi connectivity index (χ2n) is 7.81. The second kappa shape index (κ2) is 7.65. The van der Waals surface area contributed by atoms with Crippen molar-refractivity contribution in [1.29, 1.82) is 5.26 Å². The third-order valence-electron chi connectivity index (χ3n) is 5.77. The quantitative estimate of drug-likeness (QED) is 0.498. The number of hydrogen-bond acceptors (Lipinski definition) is 6. The molecule has 5 rings (SSSR count). The SMILES string of the molecule is Cc1nc2c(C#N)c(C(F)F)nn2c(N2CC(CO)C2)c1-c1cncc2cc(Cl)ccc12. The van der Waals surface area contributed by atoms with Crippen LogP contribution in [0.3, 0.4) is 0 Å². The molecule has 0 radical (unpaired) electrons. The Labute approximate surface area is 186 Å². The molecule has 0 unspecified atom stereocenters. The number of pyridine rings is 1. The number of hydrogen-bond donors (Lipinski definition) is 1. The number of aliphatic hydroxyl groups excluding tert-OH is 1. The molecule has 0 spiro atoms. The first kappa shape index (κ1) is 20.5. The van der Waals surface area contributed by atoms with E-state index >= 15 is 0 Å². The maximum Gasteiger partial charge on any atom is 0.283 e. The number of benzene rings is 1. The number of nitriles is 1. The number of halogens is 3. The summed E-state index contributed by atoms with van der Waals surface area (Å²) >= 11 is 6.15. The summed E-state index contributed by atoms with van der Waals surface area (Å²) in [6, 6.07) is 7.29. The fourth-order valence-electron chi connectivity index (χ4n) is 4.23. The molecule has 1 aliphatic heterocycles. The van der Waals surface area contributed by atoms with E-state index in [4.69, 9.17) is 11.6 Å². The molecule has 3 aromatic heterocycles. The molecule has 4 aromatic rings. The molecule has 0 amide bonds. The van der Waals surface area contributed by atoms with Gasteiger partial charge in [0, 0.05) is 59.5 Å². The van der Waals surface area contributed by atoms with Crippen molar-refractivity contribution in [3.8, 4) is 17.2 Å². The lowest BCUT2D eigenvalue weighted by Gasteiger charge is -2.41. The van der Waals surface area contributed by atoms with E-state index in [0.29, 0.717) is 35.2 Å². The molecular weight excluding hydrogens is 438 g/mol. The van der Waals surface area contributed by atoms with Gasteiger partial charge in [0.05, 0.1) is 5.69 Å². The van der Waals surface area contributed by atoms with Crippen LogP contribution in [0, 0.1) is 24.2 Å². The van der Waals surface area contributed by atoms with Crippen LogP contribution in [-0.4, -0.2) is 44.4 Å². The van der Waals surface area contributed by atoms with E-state index in [-0.39, 0.29) is 23.7 Å². The molecule has 0 atom stereocenters. The van der Waals surface area contributed by atoms with Gasteiger partial charge < -0.3 is 10.0 Å². The highest BCUT2D eigenvalue weighted by Gasteiger charge is 2.34. The average Bonchev–Trinajstić information content (AvgIpc) is 3.10. The Hall–Kier alpha value is -3.35. The summed E-state index contributed by atoms with van der Waals surface area (Å²) in [6.07, 6.45) is 0.487. The number of fused-ring (bicyclic) bond motifs is 2. The molecule has 7 nitrogen and oxygen atoms in total. The largest absolute Gasteiger partial charge is 0.396 e. The van der Waals surface area contributed by atoms with Crippen molar-refractivity contribution in [3.05, 3.63) is 52.6 Å². The highest BCUT2D eigenvalue weighted by molar-refractivity contribution is 6.31. The lowest BCUT2D eigenvalue weighted by atomic mass is 9.96. The van der Waals surface area contributed by atoms with Crippen molar-refractivity contribution in [2.24, 2.45) is 5.92 Å². The monoisotopic (exact) mass is 454 g/mol. The Morgan fingerprint density at radius 2 is 2.09 bits per heavy atom. The van der Waals surface area contributed by atoms with E-state index in [1.54, 1.807) is 31.5 Å². The Bertz CT molecular complexity index is 1410. The molecule has 1 aromatic carbocycles. The van der Waals surface area contributed by atoms with Crippen LogP contribution >= 0.6 is 11.6 Å². The normalized spacial score (nSPS) is 14.3. The number of alkyl halides is 2. The molecule has 4 heterocycles. The highest BCUT2D eigenvalue weighted by Crippen LogP contribution is 2.41. The van der Waals surface area contributed by atoms with E-state index < -0.39 is 12.1 Å². The standard InChI is InChI=1S/C22H17ClF2N6O/c1-11-18(17-7-27-6-13-4-14(23)2-3-15(13)17)22(30-8-12(9-30)10-32)31-21(28-11)16(5-26)19(29-31)20(24)25/h2-4,6-7,12,20,32H,8-10H2,1H3. The molecule has 0 aliphatic carbocycles. The summed E-state index contributed by atoms with van der Waals surface area (Å²) in [5.74, 6) is 0.612. The second-order valence-corrected chi connectivity index (χ2v) is 8.25. The summed E-state index contributed by atoms with van der Waals surface area (Å²) in [5.41, 5.74) is 1.24. The third-order valence-corrected chi connectivity index (χ3v) is 6.01. The Kier molecular flexibility index (Phi) is 4.92. The van der Waals surface area contributed by atoms with Gasteiger partial charge in [0.15, 0.2) is 5.65 Å². The molecule has 1 N–H and O–H groups in total. The zero-order chi connectivity index (χ0) is 22.6. The molecule has 0 bridgehead atoms. The van der Waals surface area contributed by atoms with Crippen LogP contribution in [0.15, 0.2) is 30.6 Å². The Morgan fingerprint density at radius 3 is 2.78 bits per heavy atom. The van der Waals surface area contributed by atoms with Crippen LogP contribution in [0.25, 0.3) is 27.5 Å². The van der Waals surface area contributed by atoms with Gasteiger partial charge in [-0.25, -0.2) is 13.8 Å². The van der Waals surface area contributed by atoms with Gasteiger partial charge in [-0.15, -0.1) is 0 Å². The summed E-state index contributed by atoms with van der Waals surface area (Å²) in [7, 11) is 0. The molecule has 0 saturated carbocycles. The van der Waals surface area contributed by atoms with E-state index in [1.807, 2.05) is 17.0 Å². The fourth-order valence-corrected chi connectivity index (χ4v) is 4.41. The number of aromatic nitrogens is 4. The molecule has 1 aliphatic rings. The van der Waals surface area contributed by atoms with Gasteiger partial charge in [-0.2, -0.15) is 14.9 Å². The third kappa shape index (κ3) is 3.06. The first-order valence-electron chi connectivity index (χ1n) is 9.93. The minimum atomic E-state index is -2.91. The van der Waals surface area contributed by atoms with E-state index in [9.17, 15) is 19.1 Å². The van der Waals surface area contributed by atoms with Gasteiger partial charge in [-0.3, -0.25) is 4.98 Å². The highest BCUT2D eigenvalue weighted by atomic mass is 35.5. The smallest absolute Gasteiger partial charge is 0.283 e. The number of anilines is 1. The van der Waals surface area contributed by atoms with Crippen molar-refractivity contribution >= 4 is 33.8 Å². The van der Waals surface area contributed by atoms with E-state index in [1.165, 1.54) is 4.52 Å². The first-order chi connectivity index (χ1) is 15.4. The molecule has 32 heavy (non-hydrogen) atoms. The summed E-state index contributed by atoms with van der Waals surface area (Å²) in [4.78, 5) is 10.8. The van der Waals surface area contributed by atoms with Gasteiger partial charge >= 0.3 is 0 Å². The number of aryl methyl sites for hydroxylation is 1. The Balaban J connectivity index is 1.86. The maximum atomic E-state index is 13.6. The topological polar surface area (TPSA) is 90.3 Å². The lowest BCUT2D eigenvalue weighted by molar-refractivity contribution is 0.145. The zero-order valence-corrected chi connectivity index (χ0v) is 17.7. The van der Waals surface area contributed by atoms with Crippen LogP contribution in [0.5, 0.6) is 0 Å². The van der Waals surface area contributed by atoms with Crippen molar-refractivity contribution in [2.75, 3.05) is 24.6 Å². The summed E-state index contributed by atoms with van der Waals surface area (Å²) < 4.78 is 28.6. The molecule has 1 fully saturated rings. The first-order valence-corrected chi connectivity index (χ1v) is 10.3. The van der Waals surface area contributed by atoms with Crippen molar-refractivity contribution in [1.82, 2.24) is 19.6 Å². The van der Waals surface area contributed by atoms with Crippen molar-refractivity contribution in [2.45, 2.75) is 13.3 Å². The van der Waals surface area contributed by atoms with Gasteiger partial charge in [0.1, 0.15) is 23.1 Å². The summed E-state index contributed by atoms with van der Waals surface area (Å²) in [6.45, 7) is 2.85. The number of aliphatic hydroxyl groups is 1. The predicted octanol–water partition coefficient (Wildman–Crippen LogP) is 4.14. The van der Waals surface area contributed by atoms with E-state index in [0.717, 1.165) is 16.3 Å². The van der Waals surface area contributed by atoms with Crippen molar-refractivity contribution in [3.63, 3.8) is 0 Å². The molecule has 162 valence electrons. The molecular formula is C22H17ClF2N6O. The predicted molar refractivity (Wildman–Crippen MR) is 116 cm³/mol. The lowest BCUT2D eigenvalue weighted by Crippen LogP contribution is -2.49. The fraction of sp³-hybridized carbons (Fsp3) is 0.273. The van der Waals surface area contributed by atoms with Crippen LogP contribution in [-0.2, 0) is 0 Å². The molecule has 10 heteroatoms. The number of nitrogens with zero attached hydrogens (tertiary/aromatic N) is 6. The van der Waals surface area contributed by atoms with E-state index in [2.05, 4.69) is 15.1 Å². The maximum absolute atomic E-state index is 13.6. The van der Waals surface area contributed by atoms with Crippen molar-refractivity contribution < 1.29 is 13.9 Å². The van der Waals surface area contributed by atoms with Crippen LogP contribution in [0.1, 0.15) is 23.4 Å². The van der Waals surface area contributed by atoms with Gasteiger partial charge in [0.25, 0.3) is 6.43 Å². The average molecular weight is 455 g/mol. The minimum absolute atomic E-state index is 0.0260. The molecule has 1 saturated heterocycles. The minimum Gasteiger partial charge on any atom is -0.396 e. The Morgan fingerprint density at radius 1 is 1.31 bits per heavy atom. The zero-order valence-electron chi connectivity index (χ0n) is 16.9. The van der Waals surface area contributed by atoms with Crippen LogP contribution in [0.4, 0.5) is 14.6 Å². The number of rotatable bonds is 4. The van der Waals surface area contributed by atoms with Gasteiger partial charge in [0.2, 0.25) is 0 Å². The van der Waals surface area contributed by atoms with Gasteiger partial charge in [-0.1, -0.05) is 17.7 Å². The van der Waals surface area contributed by atoms with Crippen LogP contribution in [0.2, 0.25) is 5.02 Å². The summed E-state index contributed by atoms with van der Waals surface area (Å²) in [5, 5.41) is 25.4. The van der Waals surface area contributed by atoms with Crippen LogP contribution < -0.4 is 4.90 Å².